The Labute approximate surface area is 41.5 Å². The molecule has 0 spiro atoms. The van der Waals surface area contributed by atoms with Crippen molar-refractivity contribution in [3.8, 4) is 0 Å². The highest BCUT2D eigenvalue weighted by Crippen LogP contribution is 2.32. The van der Waals surface area contributed by atoms with Crippen LogP contribution in [0.5, 0.6) is 0 Å². The monoisotopic (exact) mass is 104 g/mol. The molecule has 0 radical (unpaired) electrons. The second-order valence-electron chi connectivity index (χ2n) is 1.67. The first-order valence-corrected chi connectivity index (χ1v) is 2.29. The molecule has 0 aromatic rings. The van der Waals surface area contributed by atoms with E-state index in [4.69, 9.17) is 10.2 Å². The highest BCUT2D eigenvalue weighted by atomic mass is 16.9. The minimum absolute atomic E-state index is 0.340. The maximum Gasteiger partial charge on any atom is 0.306 e. The number of rotatable bonds is 1. The summed E-state index contributed by atoms with van der Waals surface area (Å²) in [6.45, 7) is 1.83. The van der Waals surface area contributed by atoms with E-state index in [9.17, 15) is 0 Å². The molecule has 0 aromatic carbocycles. The number of ether oxygens (including phenoxy) is 1. The van der Waals surface area contributed by atoms with E-state index in [1.165, 1.54) is 0 Å². The molecule has 0 saturated carbocycles. The molecule has 7 heavy (non-hydrogen) atoms. The van der Waals surface area contributed by atoms with E-state index in [2.05, 4.69) is 4.74 Å². The van der Waals surface area contributed by atoms with Crippen molar-refractivity contribution >= 4 is 0 Å². The number of hydrogen-bond acceptors (Lipinski definition) is 3. The second kappa shape index (κ2) is 1.18. The molecule has 1 heterocycles. The lowest BCUT2D eigenvalue weighted by Crippen LogP contribution is -2.10. The Kier molecular flexibility index (Phi) is 0.849. The molecule has 1 fully saturated rings. The Morgan fingerprint density at radius 3 is 2.14 bits per heavy atom. The summed E-state index contributed by atoms with van der Waals surface area (Å²) in [7, 11) is 0. The number of aliphatic hydroxyl groups is 2. The first-order chi connectivity index (χ1) is 3.17. The summed E-state index contributed by atoms with van der Waals surface area (Å²) in [5.41, 5.74) is 0. The standard InChI is InChI=1S/C4H8O3/c1-2-3-4(5,6)7-3/h3,5-6H,2H2,1H3. The maximum atomic E-state index is 8.43. The summed E-state index contributed by atoms with van der Waals surface area (Å²) < 4.78 is 4.36. The first kappa shape index (κ1) is 5.03. The predicted octanol–water partition coefficient (Wildman–Crippen LogP) is -0.566. The average molecular weight is 104 g/mol. The van der Waals surface area contributed by atoms with Gasteiger partial charge in [0.15, 0.2) is 0 Å². The Bertz CT molecular complexity index is 79.0. The van der Waals surface area contributed by atoms with Crippen molar-refractivity contribution in [2.75, 3.05) is 0 Å². The van der Waals surface area contributed by atoms with Crippen LogP contribution in [0, 0.1) is 0 Å². The van der Waals surface area contributed by atoms with Gasteiger partial charge in [-0.05, 0) is 6.42 Å². The number of hydrogen-bond donors (Lipinski definition) is 2. The molecule has 2 N–H and O–H groups in total. The quantitative estimate of drug-likeness (QED) is 0.346. The van der Waals surface area contributed by atoms with Crippen LogP contribution in [-0.4, -0.2) is 22.3 Å². The van der Waals surface area contributed by atoms with Gasteiger partial charge in [-0.25, -0.2) is 0 Å². The minimum atomic E-state index is -1.78. The molecule has 1 aliphatic heterocycles. The lowest BCUT2D eigenvalue weighted by Gasteiger charge is -1.86. The summed E-state index contributed by atoms with van der Waals surface area (Å²) in [6.07, 6.45) is 0.319. The van der Waals surface area contributed by atoms with Gasteiger partial charge in [0.05, 0.1) is 0 Å². The molecule has 3 nitrogen and oxygen atoms in total. The molecule has 1 saturated heterocycles. The van der Waals surface area contributed by atoms with E-state index >= 15 is 0 Å². The zero-order valence-corrected chi connectivity index (χ0v) is 4.09. The Morgan fingerprint density at radius 1 is 1.71 bits per heavy atom. The van der Waals surface area contributed by atoms with Crippen LogP contribution in [0.15, 0.2) is 0 Å². The fourth-order valence-electron chi connectivity index (χ4n) is 0.525. The van der Waals surface area contributed by atoms with Crippen LogP contribution in [-0.2, 0) is 4.74 Å². The van der Waals surface area contributed by atoms with Gasteiger partial charge in [0.25, 0.3) is 0 Å². The van der Waals surface area contributed by atoms with Crippen molar-refractivity contribution in [2.24, 2.45) is 0 Å². The Morgan fingerprint density at radius 2 is 2.14 bits per heavy atom. The lowest BCUT2D eigenvalue weighted by molar-refractivity contribution is -0.150. The third kappa shape index (κ3) is 0.748. The van der Waals surface area contributed by atoms with Crippen LogP contribution in [0.25, 0.3) is 0 Å². The molecular weight excluding hydrogens is 96.0 g/mol. The van der Waals surface area contributed by atoms with Gasteiger partial charge in [-0.3, -0.25) is 0 Å². The van der Waals surface area contributed by atoms with Gasteiger partial charge in [0.1, 0.15) is 6.10 Å². The van der Waals surface area contributed by atoms with Crippen LogP contribution in [0.3, 0.4) is 0 Å². The summed E-state index contributed by atoms with van der Waals surface area (Å²) in [5.74, 6) is -1.78. The summed E-state index contributed by atoms with van der Waals surface area (Å²) >= 11 is 0. The van der Waals surface area contributed by atoms with E-state index in [-0.39, 0.29) is 6.10 Å². The fourth-order valence-corrected chi connectivity index (χ4v) is 0.525. The predicted molar refractivity (Wildman–Crippen MR) is 22.3 cm³/mol. The van der Waals surface area contributed by atoms with Gasteiger partial charge >= 0.3 is 5.97 Å². The lowest BCUT2D eigenvalue weighted by atomic mass is 10.3. The molecular formula is C4H8O3. The Hall–Kier alpha value is -0.120. The van der Waals surface area contributed by atoms with Crippen LogP contribution < -0.4 is 0 Å². The second-order valence-corrected chi connectivity index (χ2v) is 1.67. The third-order valence-electron chi connectivity index (χ3n) is 1.05. The summed E-state index contributed by atoms with van der Waals surface area (Å²) in [5, 5.41) is 16.9. The van der Waals surface area contributed by atoms with Crippen molar-refractivity contribution in [3.05, 3.63) is 0 Å². The topological polar surface area (TPSA) is 53.0 Å². The molecule has 0 aromatic heterocycles. The highest BCUT2D eigenvalue weighted by Gasteiger charge is 2.53. The smallest absolute Gasteiger partial charge is 0.306 e. The SMILES string of the molecule is CCC1OC1(O)O. The van der Waals surface area contributed by atoms with Gasteiger partial charge < -0.3 is 14.9 Å². The van der Waals surface area contributed by atoms with Crippen molar-refractivity contribution in [1.29, 1.82) is 0 Å². The molecule has 1 rings (SSSR count). The molecule has 1 aliphatic rings. The third-order valence-corrected chi connectivity index (χ3v) is 1.05. The molecule has 0 amide bonds. The van der Waals surface area contributed by atoms with E-state index < -0.39 is 5.97 Å². The molecule has 1 unspecified atom stereocenters. The van der Waals surface area contributed by atoms with Gasteiger partial charge in [0, 0.05) is 0 Å². The van der Waals surface area contributed by atoms with Crippen molar-refractivity contribution in [3.63, 3.8) is 0 Å². The zero-order chi connectivity index (χ0) is 5.49. The summed E-state index contributed by atoms with van der Waals surface area (Å²) in [4.78, 5) is 0. The van der Waals surface area contributed by atoms with Crippen LogP contribution in [0.4, 0.5) is 0 Å². The average Bonchev–Trinajstić information content (AvgIpc) is 2.13. The normalized spacial score (nSPS) is 35.6. The summed E-state index contributed by atoms with van der Waals surface area (Å²) in [6, 6.07) is 0. The largest absolute Gasteiger partial charge is 0.341 e. The highest BCUT2D eigenvalue weighted by molar-refractivity contribution is 4.79. The minimum Gasteiger partial charge on any atom is -0.341 e. The molecule has 42 valence electrons. The maximum absolute atomic E-state index is 8.43. The van der Waals surface area contributed by atoms with Gasteiger partial charge in [-0.1, -0.05) is 6.92 Å². The van der Waals surface area contributed by atoms with Gasteiger partial charge in [-0.15, -0.1) is 0 Å². The van der Waals surface area contributed by atoms with E-state index in [1.807, 2.05) is 6.92 Å². The van der Waals surface area contributed by atoms with Gasteiger partial charge in [-0.2, -0.15) is 0 Å². The number of epoxide rings is 1. The van der Waals surface area contributed by atoms with Crippen LogP contribution in [0.1, 0.15) is 13.3 Å². The molecule has 0 bridgehead atoms. The van der Waals surface area contributed by atoms with Gasteiger partial charge in [0.2, 0.25) is 0 Å². The molecule has 0 aliphatic carbocycles. The Balaban J connectivity index is 2.30. The van der Waals surface area contributed by atoms with Crippen molar-refractivity contribution in [2.45, 2.75) is 25.4 Å². The van der Waals surface area contributed by atoms with Crippen molar-refractivity contribution < 1.29 is 14.9 Å². The fraction of sp³-hybridized carbons (Fsp3) is 1.00. The van der Waals surface area contributed by atoms with E-state index in [0.29, 0.717) is 6.42 Å². The van der Waals surface area contributed by atoms with Crippen LogP contribution in [0.2, 0.25) is 0 Å². The van der Waals surface area contributed by atoms with Crippen LogP contribution >= 0.6 is 0 Å². The van der Waals surface area contributed by atoms with E-state index in [1.54, 1.807) is 0 Å². The van der Waals surface area contributed by atoms with Crippen molar-refractivity contribution in [1.82, 2.24) is 0 Å². The van der Waals surface area contributed by atoms with E-state index in [0.717, 1.165) is 0 Å². The molecule has 3 heteroatoms. The first-order valence-electron chi connectivity index (χ1n) is 2.29. The zero-order valence-electron chi connectivity index (χ0n) is 4.09. The molecule has 1 atom stereocenters.